The molecule has 2 fully saturated rings. The first-order valence-corrected chi connectivity index (χ1v) is 9.99. The summed E-state index contributed by atoms with van der Waals surface area (Å²) in [6, 6.07) is 10.8. The van der Waals surface area contributed by atoms with E-state index in [1.165, 1.54) is 5.56 Å². The van der Waals surface area contributed by atoms with Crippen LogP contribution in [0, 0.1) is 0 Å². The molecule has 0 amide bonds. The minimum absolute atomic E-state index is 0.346. The number of piperazine rings is 1. The van der Waals surface area contributed by atoms with Crippen LogP contribution in [-0.2, 0) is 13.6 Å². The topological polar surface area (TPSA) is 63.2 Å². The summed E-state index contributed by atoms with van der Waals surface area (Å²) in [6.45, 7) is 6.25. The lowest BCUT2D eigenvalue weighted by atomic mass is 9.80. The summed E-state index contributed by atoms with van der Waals surface area (Å²) in [5.74, 6) is 2.68. The van der Waals surface area contributed by atoms with Crippen LogP contribution >= 0.6 is 0 Å². The molecular weight excluding hydrogens is 336 g/mol. The monoisotopic (exact) mass is 366 g/mol. The second-order valence-corrected chi connectivity index (χ2v) is 7.85. The molecule has 6 heteroatoms. The van der Waals surface area contributed by atoms with Gasteiger partial charge in [0.2, 0.25) is 0 Å². The molecular formula is C21H30N6. The molecule has 0 radical (unpaired) electrons. The van der Waals surface area contributed by atoms with Crippen molar-refractivity contribution in [2.75, 3.05) is 32.7 Å². The van der Waals surface area contributed by atoms with Gasteiger partial charge in [-0.15, -0.1) is 10.2 Å². The van der Waals surface area contributed by atoms with E-state index < -0.39 is 0 Å². The zero-order valence-electron chi connectivity index (χ0n) is 16.2. The van der Waals surface area contributed by atoms with Gasteiger partial charge in [-0.2, -0.15) is 0 Å². The van der Waals surface area contributed by atoms with Gasteiger partial charge in [0, 0.05) is 51.7 Å². The highest BCUT2D eigenvalue weighted by Gasteiger charge is 2.31. The Morgan fingerprint density at radius 1 is 1.04 bits per heavy atom. The second-order valence-electron chi connectivity index (χ2n) is 7.85. The zero-order chi connectivity index (χ0) is 18.6. The van der Waals surface area contributed by atoms with Crippen molar-refractivity contribution in [2.24, 2.45) is 12.8 Å². The van der Waals surface area contributed by atoms with E-state index in [-0.39, 0.29) is 0 Å². The van der Waals surface area contributed by atoms with Gasteiger partial charge in [-0.3, -0.25) is 9.80 Å². The Balaban J connectivity index is 1.23. The van der Waals surface area contributed by atoms with Gasteiger partial charge in [0.1, 0.15) is 11.6 Å². The van der Waals surface area contributed by atoms with Crippen molar-refractivity contribution in [1.29, 1.82) is 0 Å². The number of hydrogen-bond donors (Lipinski definition) is 1. The molecule has 2 heterocycles. The van der Waals surface area contributed by atoms with Gasteiger partial charge in [0.15, 0.2) is 0 Å². The van der Waals surface area contributed by atoms with Crippen LogP contribution in [0.15, 0.2) is 36.4 Å². The molecule has 0 unspecified atom stereocenters. The fraction of sp³-hybridized carbons (Fsp3) is 0.524. The lowest BCUT2D eigenvalue weighted by Crippen LogP contribution is -2.46. The third kappa shape index (κ3) is 4.46. The Hall–Kier alpha value is -2.02. The van der Waals surface area contributed by atoms with Crippen LogP contribution in [0.25, 0.3) is 6.08 Å². The van der Waals surface area contributed by atoms with Crippen LogP contribution in [0.5, 0.6) is 0 Å². The minimum Gasteiger partial charge on any atom is -0.328 e. The van der Waals surface area contributed by atoms with E-state index in [1.54, 1.807) is 0 Å². The Morgan fingerprint density at radius 2 is 1.74 bits per heavy atom. The Bertz CT molecular complexity index is 754. The summed E-state index contributed by atoms with van der Waals surface area (Å²) in [7, 11) is 2.10. The first kappa shape index (κ1) is 18.3. The van der Waals surface area contributed by atoms with Crippen LogP contribution in [-0.4, -0.2) is 63.3 Å². The third-order valence-corrected chi connectivity index (χ3v) is 5.84. The molecule has 1 aliphatic carbocycles. The highest BCUT2D eigenvalue weighted by Crippen LogP contribution is 2.34. The molecule has 144 valence electrons. The number of rotatable bonds is 6. The van der Waals surface area contributed by atoms with Crippen molar-refractivity contribution < 1.29 is 0 Å². The van der Waals surface area contributed by atoms with E-state index in [1.807, 2.05) is 0 Å². The molecule has 1 aliphatic heterocycles. The maximum absolute atomic E-state index is 5.92. The molecule has 0 bridgehead atoms. The van der Waals surface area contributed by atoms with E-state index in [4.69, 9.17) is 5.73 Å². The van der Waals surface area contributed by atoms with Crippen molar-refractivity contribution in [3.63, 3.8) is 0 Å². The van der Waals surface area contributed by atoms with Crippen LogP contribution in [0.4, 0.5) is 0 Å². The average molecular weight is 367 g/mol. The van der Waals surface area contributed by atoms with E-state index >= 15 is 0 Å². The van der Waals surface area contributed by atoms with Crippen LogP contribution in [0.3, 0.4) is 0 Å². The first-order chi connectivity index (χ1) is 13.2. The predicted molar refractivity (Wildman–Crippen MR) is 108 cm³/mol. The normalized spacial score (nSPS) is 24.4. The predicted octanol–water partition coefficient (Wildman–Crippen LogP) is 1.85. The van der Waals surface area contributed by atoms with Crippen molar-refractivity contribution in [2.45, 2.75) is 31.3 Å². The molecule has 1 saturated carbocycles. The van der Waals surface area contributed by atoms with Gasteiger partial charge >= 0.3 is 0 Å². The molecule has 0 atom stereocenters. The largest absolute Gasteiger partial charge is 0.328 e. The molecule has 2 aromatic rings. The quantitative estimate of drug-likeness (QED) is 0.845. The molecule has 2 aliphatic rings. The van der Waals surface area contributed by atoms with Crippen molar-refractivity contribution in [3.05, 3.63) is 53.6 Å². The summed E-state index contributed by atoms with van der Waals surface area (Å²) in [5, 5.41) is 8.88. The summed E-state index contributed by atoms with van der Waals surface area (Å²) in [4.78, 5) is 4.99. The van der Waals surface area contributed by atoms with Gasteiger partial charge in [0.05, 0.1) is 6.54 Å². The lowest BCUT2D eigenvalue weighted by Gasteiger charge is -2.34. The maximum Gasteiger partial charge on any atom is 0.146 e. The summed E-state index contributed by atoms with van der Waals surface area (Å²) >= 11 is 0. The fourth-order valence-corrected chi connectivity index (χ4v) is 3.97. The zero-order valence-corrected chi connectivity index (χ0v) is 16.2. The molecule has 2 N–H and O–H groups in total. The van der Waals surface area contributed by atoms with Crippen LogP contribution in [0.1, 0.15) is 36.0 Å². The number of nitrogens with zero attached hydrogens (tertiary/aromatic N) is 5. The van der Waals surface area contributed by atoms with Crippen molar-refractivity contribution >= 4 is 6.08 Å². The van der Waals surface area contributed by atoms with Gasteiger partial charge in [-0.1, -0.05) is 42.5 Å². The smallest absolute Gasteiger partial charge is 0.146 e. The van der Waals surface area contributed by atoms with E-state index in [9.17, 15) is 0 Å². The Labute approximate surface area is 161 Å². The minimum atomic E-state index is 0.346. The van der Waals surface area contributed by atoms with Gasteiger partial charge in [0.25, 0.3) is 0 Å². The van der Waals surface area contributed by atoms with Gasteiger partial charge < -0.3 is 10.3 Å². The molecule has 6 nitrogen and oxygen atoms in total. The van der Waals surface area contributed by atoms with E-state index in [0.717, 1.165) is 63.8 Å². The SMILES string of the molecule is Cn1c(CN2CCN(CC=Cc3ccccc3)CC2)nnc1C1CC(N)C1. The Kier molecular flexibility index (Phi) is 5.66. The van der Waals surface area contributed by atoms with E-state index in [0.29, 0.717) is 12.0 Å². The standard InChI is InChI=1S/C21H30N6/c1-25-20(23-24-21(25)18-14-19(22)15-18)16-27-12-10-26(11-13-27)9-5-8-17-6-3-2-4-7-17/h2-8,18-19H,9-16,22H2,1H3. The third-order valence-electron chi connectivity index (χ3n) is 5.84. The van der Waals surface area contributed by atoms with Crippen molar-refractivity contribution in [3.8, 4) is 0 Å². The number of hydrogen-bond acceptors (Lipinski definition) is 5. The summed E-state index contributed by atoms with van der Waals surface area (Å²) in [6.07, 6.45) is 6.56. The number of nitrogens with two attached hydrogens (primary N) is 1. The van der Waals surface area contributed by atoms with E-state index in [2.05, 4.69) is 74.1 Å². The number of aromatic nitrogens is 3. The summed E-state index contributed by atoms with van der Waals surface area (Å²) in [5.41, 5.74) is 7.18. The molecule has 4 rings (SSSR count). The lowest BCUT2D eigenvalue weighted by molar-refractivity contribution is 0.133. The summed E-state index contributed by atoms with van der Waals surface area (Å²) < 4.78 is 2.19. The van der Waals surface area contributed by atoms with Crippen LogP contribution < -0.4 is 5.73 Å². The maximum atomic E-state index is 5.92. The Morgan fingerprint density at radius 3 is 2.44 bits per heavy atom. The van der Waals surface area contributed by atoms with Gasteiger partial charge in [-0.25, -0.2) is 0 Å². The second kappa shape index (κ2) is 8.33. The average Bonchev–Trinajstić information content (AvgIpc) is 3.01. The molecule has 1 aromatic carbocycles. The number of benzene rings is 1. The fourth-order valence-electron chi connectivity index (χ4n) is 3.97. The first-order valence-electron chi connectivity index (χ1n) is 9.99. The van der Waals surface area contributed by atoms with Crippen LogP contribution in [0.2, 0.25) is 0 Å². The molecule has 1 aromatic heterocycles. The van der Waals surface area contributed by atoms with Crippen molar-refractivity contribution in [1.82, 2.24) is 24.6 Å². The van der Waals surface area contributed by atoms with Gasteiger partial charge in [-0.05, 0) is 18.4 Å². The highest BCUT2D eigenvalue weighted by molar-refractivity contribution is 5.48. The molecule has 1 saturated heterocycles. The highest BCUT2D eigenvalue weighted by atomic mass is 15.3. The molecule has 0 spiro atoms. The molecule has 27 heavy (non-hydrogen) atoms.